The molecular formula is C82H160O17P2. The number of rotatable bonds is 80. The molecule has 17 nitrogen and oxygen atoms in total. The lowest BCUT2D eigenvalue weighted by Crippen LogP contribution is -2.30. The van der Waals surface area contributed by atoms with Crippen LogP contribution in [-0.4, -0.2) is 96.7 Å². The molecule has 0 aliphatic heterocycles. The summed E-state index contributed by atoms with van der Waals surface area (Å²) in [6, 6.07) is 0. The van der Waals surface area contributed by atoms with Crippen LogP contribution in [0.5, 0.6) is 0 Å². The van der Waals surface area contributed by atoms with Crippen LogP contribution in [-0.2, 0) is 65.4 Å². The van der Waals surface area contributed by atoms with Crippen LogP contribution in [0, 0.1) is 17.8 Å². The van der Waals surface area contributed by atoms with Gasteiger partial charge in [-0.3, -0.25) is 37.3 Å². The summed E-state index contributed by atoms with van der Waals surface area (Å²) in [5.74, 6) is 0.135. The van der Waals surface area contributed by atoms with Gasteiger partial charge in [0.2, 0.25) is 0 Å². The second-order valence-corrected chi connectivity index (χ2v) is 33.8. The predicted octanol–water partition coefficient (Wildman–Crippen LogP) is 24.5. The third kappa shape index (κ3) is 76.1. The van der Waals surface area contributed by atoms with E-state index in [2.05, 4.69) is 48.5 Å². The van der Waals surface area contributed by atoms with Gasteiger partial charge in [-0.15, -0.1) is 0 Å². The van der Waals surface area contributed by atoms with Crippen molar-refractivity contribution in [3.63, 3.8) is 0 Å². The summed E-state index contributed by atoms with van der Waals surface area (Å²) < 4.78 is 68.7. The fourth-order valence-electron chi connectivity index (χ4n) is 12.7. The van der Waals surface area contributed by atoms with Crippen molar-refractivity contribution in [2.45, 2.75) is 446 Å². The maximum Gasteiger partial charge on any atom is 0.472 e. The number of hydrogen-bond acceptors (Lipinski definition) is 15. The number of ether oxygens (including phenoxy) is 4. The van der Waals surface area contributed by atoms with Crippen molar-refractivity contribution in [3.05, 3.63) is 0 Å². The van der Waals surface area contributed by atoms with Gasteiger partial charge in [0.05, 0.1) is 26.4 Å². The van der Waals surface area contributed by atoms with Gasteiger partial charge in [-0.25, -0.2) is 9.13 Å². The number of aliphatic hydroxyl groups excluding tert-OH is 1. The summed E-state index contributed by atoms with van der Waals surface area (Å²) in [5, 5.41) is 10.6. The molecule has 0 aromatic carbocycles. The molecule has 0 aliphatic rings. The second-order valence-electron chi connectivity index (χ2n) is 30.9. The third-order valence-corrected chi connectivity index (χ3v) is 21.0. The van der Waals surface area contributed by atoms with Gasteiger partial charge >= 0.3 is 39.5 Å². The van der Waals surface area contributed by atoms with Gasteiger partial charge in [-0.1, -0.05) is 376 Å². The van der Waals surface area contributed by atoms with Gasteiger partial charge in [-0.2, -0.15) is 0 Å². The van der Waals surface area contributed by atoms with Crippen LogP contribution in [0.2, 0.25) is 0 Å². The standard InChI is InChI=1S/C82H160O17P2/c1-8-9-10-11-12-13-14-15-16-17-18-19-20-21-22-23-26-30-36-43-51-58-65-81(86)98-77(69-92-79(84)63-56-49-42-35-29-27-24-25-28-33-39-46-53-60-73(2)3)71-96-100(88,89)94-67-76(83)68-95-101(90,91)97-72-78(70-93-80(85)64-57-50-45-38-41-48-55-62-75(6)7)99-82(87)66-59-52-44-37-32-31-34-40-47-54-61-74(4)5/h73-78,83H,8-72H2,1-7H3,(H,88,89)(H,90,91)/t76-,77-,78-/m1/s1. The van der Waals surface area contributed by atoms with Gasteiger partial charge < -0.3 is 33.8 Å². The van der Waals surface area contributed by atoms with Crippen molar-refractivity contribution in [3.8, 4) is 0 Å². The number of carbonyl (C=O) groups is 4. The molecule has 2 unspecified atom stereocenters. The molecule has 0 radical (unpaired) electrons. The van der Waals surface area contributed by atoms with E-state index in [1.807, 2.05) is 0 Å². The van der Waals surface area contributed by atoms with Crippen LogP contribution >= 0.6 is 15.6 Å². The van der Waals surface area contributed by atoms with Crippen molar-refractivity contribution in [2.24, 2.45) is 17.8 Å². The number of carbonyl (C=O) groups excluding carboxylic acids is 4. The molecule has 0 aliphatic carbocycles. The highest BCUT2D eigenvalue weighted by atomic mass is 31.2. The lowest BCUT2D eigenvalue weighted by Gasteiger charge is -2.21. The van der Waals surface area contributed by atoms with Crippen LogP contribution in [0.25, 0.3) is 0 Å². The summed E-state index contributed by atoms with van der Waals surface area (Å²) >= 11 is 0. The predicted molar refractivity (Wildman–Crippen MR) is 414 cm³/mol. The minimum atomic E-state index is -4.96. The minimum Gasteiger partial charge on any atom is -0.462 e. The Balaban J connectivity index is 5.21. The molecule has 600 valence electrons. The Bertz CT molecular complexity index is 1960. The Kier molecular flexibility index (Phi) is 70.9. The highest BCUT2D eigenvalue weighted by Crippen LogP contribution is 2.45. The first-order chi connectivity index (χ1) is 48.7. The van der Waals surface area contributed by atoms with E-state index < -0.39 is 97.5 Å². The first kappa shape index (κ1) is 99.1. The number of aliphatic hydroxyl groups is 1. The fraction of sp³-hybridized carbons (Fsp3) is 0.951. The van der Waals surface area contributed by atoms with E-state index in [-0.39, 0.29) is 25.7 Å². The summed E-state index contributed by atoms with van der Waals surface area (Å²) in [6.07, 6.45) is 61.3. The summed E-state index contributed by atoms with van der Waals surface area (Å²) in [6.45, 7) is 11.9. The molecule has 0 heterocycles. The maximum atomic E-state index is 13.1. The van der Waals surface area contributed by atoms with Crippen LogP contribution in [0.15, 0.2) is 0 Å². The lowest BCUT2D eigenvalue weighted by molar-refractivity contribution is -0.161. The molecular weight excluding hydrogens is 1320 g/mol. The summed E-state index contributed by atoms with van der Waals surface area (Å²) in [4.78, 5) is 73.0. The van der Waals surface area contributed by atoms with E-state index >= 15 is 0 Å². The molecule has 0 bridgehead atoms. The average molecular weight is 1480 g/mol. The fourth-order valence-corrected chi connectivity index (χ4v) is 14.2. The van der Waals surface area contributed by atoms with Crippen LogP contribution < -0.4 is 0 Å². The zero-order chi connectivity index (χ0) is 74.4. The Labute approximate surface area is 619 Å². The normalized spacial score (nSPS) is 14.0. The van der Waals surface area contributed by atoms with Gasteiger partial charge in [-0.05, 0) is 43.4 Å². The Morgan fingerprint density at radius 3 is 0.673 bits per heavy atom. The van der Waals surface area contributed by atoms with Crippen LogP contribution in [0.4, 0.5) is 0 Å². The van der Waals surface area contributed by atoms with Crippen LogP contribution in [0.3, 0.4) is 0 Å². The highest BCUT2D eigenvalue weighted by molar-refractivity contribution is 7.47. The molecule has 0 saturated heterocycles. The molecule has 3 N–H and O–H groups in total. The maximum absolute atomic E-state index is 13.1. The molecule has 5 atom stereocenters. The van der Waals surface area contributed by atoms with E-state index in [0.717, 1.165) is 108 Å². The van der Waals surface area contributed by atoms with Crippen molar-refractivity contribution in [1.29, 1.82) is 0 Å². The summed E-state index contributed by atoms with van der Waals surface area (Å²) in [7, 11) is -9.92. The largest absolute Gasteiger partial charge is 0.472 e. The molecule has 0 aromatic heterocycles. The number of unbranched alkanes of at least 4 members (excludes halogenated alkanes) is 48. The average Bonchev–Trinajstić information content (AvgIpc) is 1.13. The monoisotopic (exact) mass is 1480 g/mol. The zero-order valence-electron chi connectivity index (χ0n) is 66.4. The van der Waals surface area contributed by atoms with E-state index in [0.29, 0.717) is 31.6 Å². The van der Waals surface area contributed by atoms with Crippen molar-refractivity contribution in [2.75, 3.05) is 39.6 Å². The molecule has 0 spiro atoms. The van der Waals surface area contributed by atoms with Gasteiger partial charge in [0.1, 0.15) is 19.3 Å². The molecule has 0 fully saturated rings. The van der Waals surface area contributed by atoms with E-state index in [1.54, 1.807) is 0 Å². The van der Waals surface area contributed by atoms with Gasteiger partial charge in [0.15, 0.2) is 12.2 Å². The molecule has 101 heavy (non-hydrogen) atoms. The SMILES string of the molecule is CCCCCCCCCCCCCCCCCCCCCCCCC(=O)O[C@H](COC(=O)CCCCCCCCCCCCCCCC(C)C)COP(=O)(O)OC[C@@H](O)COP(=O)(O)OC[C@@H](COC(=O)CCCCCCCCCC(C)C)OC(=O)CCCCCCCCCCCCC(C)C. The minimum absolute atomic E-state index is 0.105. The number of phosphoric acid groups is 2. The molecule has 19 heteroatoms. The molecule has 0 rings (SSSR count). The Hall–Kier alpha value is -1.94. The van der Waals surface area contributed by atoms with Crippen LogP contribution in [0.1, 0.15) is 427 Å². The zero-order valence-corrected chi connectivity index (χ0v) is 68.2. The van der Waals surface area contributed by atoms with E-state index in [9.17, 15) is 43.2 Å². The number of esters is 4. The van der Waals surface area contributed by atoms with Crippen molar-refractivity contribution in [1.82, 2.24) is 0 Å². The summed E-state index contributed by atoms with van der Waals surface area (Å²) in [5.41, 5.74) is 0. The molecule has 0 saturated carbocycles. The van der Waals surface area contributed by atoms with Gasteiger partial charge in [0, 0.05) is 25.7 Å². The van der Waals surface area contributed by atoms with E-state index in [4.69, 9.17) is 37.0 Å². The van der Waals surface area contributed by atoms with Gasteiger partial charge in [0.25, 0.3) is 0 Å². The topological polar surface area (TPSA) is 237 Å². The van der Waals surface area contributed by atoms with Crippen molar-refractivity contribution < 1.29 is 80.2 Å². The first-order valence-corrected chi connectivity index (χ1v) is 45.3. The first-order valence-electron chi connectivity index (χ1n) is 42.3. The molecule has 0 aromatic rings. The number of phosphoric ester groups is 2. The Morgan fingerprint density at radius 2 is 0.455 bits per heavy atom. The number of hydrogen-bond donors (Lipinski definition) is 3. The van der Waals surface area contributed by atoms with E-state index in [1.165, 1.54) is 231 Å². The molecule has 0 amide bonds. The second kappa shape index (κ2) is 72.3. The van der Waals surface area contributed by atoms with Crippen molar-refractivity contribution >= 4 is 39.5 Å². The quantitative estimate of drug-likeness (QED) is 0.0222. The Morgan fingerprint density at radius 1 is 0.267 bits per heavy atom. The lowest BCUT2D eigenvalue weighted by atomic mass is 10.0. The smallest absolute Gasteiger partial charge is 0.462 e. The highest BCUT2D eigenvalue weighted by Gasteiger charge is 2.30. The third-order valence-electron chi connectivity index (χ3n) is 19.1.